The second-order valence-electron chi connectivity index (χ2n) is 3.90. The maximum Gasteiger partial charge on any atom is 0.110 e. The van der Waals surface area contributed by atoms with E-state index >= 15 is 0 Å². The maximum absolute atomic E-state index is 10.5. The second-order valence-corrected chi connectivity index (χ2v) is 3.90. The molecule has 1 atom stereocenters. The molecule has 0 aliphatic carbocycles. The Morgan fingerprint density at radius 1 is 1.41 bits per heavy atom. The van der Waals surface area contributed by atoms with Gasteiger partial charge in [0.05, 0.1) is 5.52 Å². The van der Waals surface area contributed by atoms with Gasteiger partial charge < -0.3 is 0 Å². The van der Waals surface area contributed by atoms with Gasteiger partial charge in [0.2, 0.25) is 0 Å². The highest BCUT2D eigenvalue weighted by Gasteiger charge is 1.99. The third-order valence-electron chi connectivity index (χ3n) is 2.68. The Morgan fingerprint density at radius 2 is 2.24 bits per heavy atom. The number of hydrogen-bond acceptors (Lipinski definition) is 3. The van der Waals surface area contributed by atoms with E-state index < -0.39 is 0 Å². The number of fused-ring (bicyclic) bond motifs is 1. The van der Waals surface area contributed by atoms with Gasteiger partial charge in [0.15, 0.2) is 0 Å². The van der Waals surface area contributed by atoms with Crippen LogP contribution in [0.2, 0.25) is 0 Å². The minimum atomic E-state index is -0.249. The molecular weight excluding hydrogens is 212 g/mol. The maximum atomic E-state index is 10.5. The lowest BCUT2D eigenvalue weighted by atomic mass is 10.1. The van der Waals surface area contributed by atoms with E-state index in [-0.39, 0.29) is 6.04 Å². The first-order chi connectivity index (χ1) is 8.33. The van der Waals surface area contributed by atoms with E-state index in [2.05, 4.69) is 16.2 Å². The molecule has 1 aromatic heterocycles. The number of aromatic nitrogens is 1. The summed E-state index contributed by atoms with van der Waals surface area (Å²) in [6, 6.07) is 9.75. The molecule has 0 saturated heterocycles. The fourth-order valence-electron chi connectivity index (χ4n) is 1.65. The van der Waals surface area contributed by atoms with Crippen LogP contribution in [0, 0.1) is 4.91 Å². The van der Waals surface area contributed by atoms with E-state index in [4.69, 9.17) is 0 Å². The Hall–Kier alpha value is -2.03. The minimum absolute atomic E-state index is 0.249. The number of para-hydroxylation sites is 1. The summed E-state index contributed by atoms with van der Waals surface area (Å²) in [4.78, 5) is 14.8. The summed E-state index contributed by atoms with van der Waals surface area (Å²) in [7, 11) is 0. The van der Waals surface area contributed by atoms with Crippen molar-refractivity contribution in [2.75, 3.05) is 0 Å². The van der Waals surface area contributed by atoms with Crippen molar-refractivity contribution in [3.63, 3.8) is 0 Å². The molecule has 86 valence electrons. The molecule has 0 radical (unpaired) electrons. The molecule has 1 heterocycles. The number of rotatable bonds is 4. The van der Waals surface area contributed by atoms with Crippen LogP contribution in [0.15, 0.2) is 47.8 Å². The highest BCUT2D eigenvalue weighted by Crippen LogP contribution is 2.14. The third-order valence-corrected chi connectivity index (χ3v) is 2.68. The van der Waals surface area contributed by atoms with Crippen molar-refractivity contribution in [1.82, 2.24) is 4.98 Å². The number of hydrogen-bond donors (Lipinski definition) is 0. The molecule has 0 spiro atoms. The quantitative estimate of drug-likeness (QED) is 0.744. The lowest BCUT2D eigenvalue weighted by molar-refractivity contribution is 0.781. The zero-order valence-electron chi connectivity index (χ0n) is 9.71. The molecule has 0 saturated carbocycles. The van der Waals surface area contributed by atoms with Gasteiger partial charge in [-0.3, -0.25) is 4.98 Å². The Labute approximate surface area is 100 Å². The monoisotopic (exact) mass is 226 g/mol. The summed E-state index contributed by atoms with van der Waals surface area (Å²) < 4.78 is 0. The molecule has 1 unspecified atom stereocenters. The topological polar surface area (TPSA) is 42.3 Å². The van der Waals surface area contributed by atoms with E-state index in [1.54, 1.807) is 6.20 Å². The molecule has 0 fully saturated rings. The fourth-order valence-corrected chi connectivity index (χ4v) is 1.65. The van der Waals surface area contributed by atoms with E-state index in [0.717, 1.165) is 22.9 Å². The Bertz CT molecular complexity index is 549. The Morgan fingerprint density at radius 3 is 3.00 bits per heavy atom. The van der Waals surface area contributed by atoms with Crippen molar-refractivity contribution in [1.29, 1.82) is 0 Å². The smallest absolute Gasteiger partial charge is 0.110 e. The highest BCUT2D eigenvalue weighted by atomic mass is 16.3. The Kier molecular flexibility index (Phi) is 3.60. The van der Waals surface area contributed by atoms with Gasteiger partial charge in [-0.15, -0.1) is 0 Å². The summed E-state index contributed by atoms with van der Waals surface area (Å²) in [5.74, 6) is 0. The molecule has 0 bridgehead atoms. The lowest BCUT2D eigenvalue weighted by Crippen LogP contribution is -1.94. The van der Waals surface area contributed by atoms with Gasteiger partial charge in [0.25, 0.3) is 0 Å². The normalized spacial score (nSPS) is 13.0. The van der Waals surface area contributed by atoms with E-state index in [1.807, 2.05) is 43.3 Å². The molecule has 2 rings (SSSR count). The zero-order valence-corrected chi connectivity index (χ0v) is 9.71. The number of nitrogens with zero attached hydrogens (tertiary/aromatic N) is 2. The SMILES string of the molecule is CCC(C=Cc1cnc2ccccc2c1)N=O. The van der Waals surface area contributed by atoms with Crippen LogP contribution < -0.4 is 0 Å². The van der Waals surface area contributed by atoms with E-state index in [9.17, 15) is 4.91 Å². The van der Waals surface area contributed by atoms with E-state index in [1.165, 1.54) is 0 Å². The van der Waals surface area contributed by atoms with Gasteiger partial charge in [0, 0.05) is 11.6 Å². The molecule has 0 aliphatic heterocycles. The van der Waals surface area contributed by atoms with Crippen molar-refractivity contribution < 1.29 is 0 Å². The van der Waals surface area contributed by atoms with Crippen molar-refractivity contribution in [3.05, 3.63) is 53.1 Å². The van der Waals surface area contributed by atoms with Crippen LogP contribution in [0.5, 0.6) is 0 Å². The predicted molar refractivity (Wildman–Crippen MR) is 70.7 cm³/mol. The van der Waals surface area contributed by atoms with Crippen LogP contribution in [-0.2, 0) is 0 Å². The molecule has 0 N–H and O–H groups in total. The largest absolute Gasteiger partial charge is 0.256 e. The molecule has 1 aromatic carbocycles. The highest BCUT2D eigenvalue weighted by molar-refractivity contribution is 5.80. The van der Waals surface area contributed by atoms with Crippen molar-refractivity contribution >= 4 is 17.0 Å². The average Bonchev–Trinajstić information content (AvgIpc) is 2.40. The zero-order chi connectivity index (χ0) is 12.1. The molecule has 2 aromatic rings. The van der Waals surface area contributed by atoms with E-state index in [0.29, 0.717) is 0 Å². The van der Waals surface area contributed by atoms with Crippen LogP contribution in [0.25, 0.3) is 17.0 Å². The lowest BCUT2D eigenvalue weighted by Gasteiger charge is -2.00. The second kappa shape index (κ2) is 5.34. The molecule has 0 aliphatic rings. The Balaban J connectivity index is 2.27. The van der Waals surface area contributed by atoms with Crippen molar-refractivity contribution in [3.8, 4) is 0 Å². The van der Waals surface area contributed by atoms with Gasteiger partial charge in [0.1, 0.15) is 6.04 Å². The number of pyridine rings is 1. The van der Waals surface area contributed by atoms with Crippen molar-refractivity contribution in [2.45, 2.75) is 19.4 Å². The summed E-state index contributed by atoms with van der Waals surface area (Å²) >= 11 is 0. The van der Waals surface area contributed by atoms with Crippen LogP contribution in [0.4, 0.5) is 0 Å². The molecular formula is C14H14N2O. The van der Waals surface area contributed by atoms with Crippen molar-refractivity contribution in [2.24, 2.45) is 5.18 Å². The van der Waals surface area contributed by atoms with Gasteiger partial charge in [-0.1, -0.05) is 42.5 Å². The molecule has 3 heteroatoms. The van der Waals surface area contributed by atoms with Crippen LogP contribution in [0.1, 0.15) is 18.9 Å². The van der Waals surface area contributed by atoms with Crippen LogP contribution >= 0.6 is 0 Å². The standard InChI is InChI=1S/C14H14N2O/c1-2-13(16-17)8-7-11-9-12-5-3-4-6-14(12)15-10-11/h3-10,13H,2H2,1H3. The number of benzene rings is 1. The summed E-state index contributed by atoms with van der Waals surface area (Å²) in [6.07, 6.45) is 6.24. The van der Waals surface area contributed by atoms with Crippen LogP contribution in [0.3, 0.4) is 0 Å². The first-order valence-corrected chi connectivity index (χ1v) is 5.69. The van der Waals surface area contributed by atoms with Crippen LogP contribution in [-0.4, -0.2) is 11.0 Å². The molecule has 0 amide bonds. The number of nitroso groups, excluding NO2 is 1. The molecule has 3 nitrogen and oxygen atoms in total. The van der Waals surface area contributed by atoms with Gasteiger partial charge in [-0.05, 0) is 24.1 Å². The summed E-state index contributed by atoms with van der Waals surface area (Å²) in [6.45, 7) is 1.94. The summed E-state index contributed by atoms with van der Waals surface area (Å²) in [5.41, 5.74) is 1.97. The average molecular weight is 226 g/mol. The molecule has 17 heavy (non-hydrogen) atoms. The summed E-state index contributed by atoms with van der Waals surface area (Å²) in [5, 5.41) is 4.13. The fraction of sp³-hybridized carbons (Fsp3) is 0.214. The third kappa shape index (κ3) is 2.75. The minimum Gasteiger partial charge on any atom is -0.256 e. The first-order valence-electron chi connectivity index (χ1n) is 5.69. The van der Waals surface area contributed by atoms with Gasteiger partial charge >= 0.3 is 0 Å². The van der Waals surface area contributed by atoms with Gasteiger partial charge in [-0.2, -0.15) is 4.91 Å². The first kappa shape index (κ1) is 11.5. The van der Waals surface area contributed by atoms with Gasteiger partial charge in [-0.25, -0.2) is 0 Å². The predicted octanol–water partition coefficient (Wildman–Crippen LogP) is 3.79.